The molecule has 9 nitrogen and oxygen atoms in total. The summed E-state index contributed by atoms with van der Waals surface area (Å²) in [5, 5.41) is 20.1. The number of aliphatic imine (C=N–C) groups is 1. The van der Waals surface area contributed by atoms with Gasteiger partial charge in [-0.3, -0.25) is 15.1 Å². The van der Waals surface area contributed by atoms with Gasteiger partial charge >= 0.3 is 11.9 Å². The standard InChI is InChI=1S/C22H16N2O7/c1-30-20-11-14(13-23-18-8-3-2-7-17(18)21(25)26)9-10-19(20)31-22(27)15-5-4-6-16(12-15)24(28)29/h2-13H,1H3,(H,25,26). The van der Waals surface area contributed by atoms with Crippen LogP contribution in [0.1, 0.15) is 26.3 Å². The summed E-state index contributed by atoms with van der Waals surface area (Å²) >= 11 is 0. The number of nitrogens with zero attached hydrogens (tertiary/aromatic N) is 2. The van der Waals surface area contributed by atoms with Gasteiger partial charge in [0.05, 0.1) is 28.8 Å². The number of hydrogen-bond donors (Lipinski definition) is 1. The lowest BCUT2D eigenvalue weighted by molar-refractivity contribution is -0.384. The van der Waals surface area contributed by atoms with Crippen molar-refractivity contribution in [1.82, 2.24) is 0 Å². The first-order valence-electron chi connectivity index (χ1n) is 8.90. The quantitative estimate of drug-likeness (QED) is 0.199. The average Bonchev–Trinajstić information content (AvgIpc) is 2.78. The van der Waals surface area contributed by atoms with Crippen LogP contribution in [0.4, 0.5) is 11.4 Å². The Labute approximate surface area is 176 Å². The minimum Gasteiger partial charge on any atom is -0.493 e. The van der Waals surface area contributed by atoms with E-state index in [4.69, 9.17) is 9.47 Å². The summed E-state index contributed by atoms with van der Waals surface area (Å²) in [5.41, 5.74) is 0.720. The minimum atomic E-state index is -1.09. The number of carboxylic acids is 1. The molecule has 156 valence electrons. The van der Waals surface area contributed by atoms with Crippen LogP contribution in [0, 0.1) is 10.1 Å². The second-order valence-electron chi connectivity index (χ2n) is 6.19. The SMILES string of the molecule is COc1cc(C=Nc2ccccc2C(=O)O)ccc1OC(=O)c1cccc([N+](=O)[O-])c1. The fourth-order valence-electron chi connectivity index (χ4n) is 2.67. The van der Waals surface area contributed by atoms with Crippen molar-refractivity contribution in [3.8, 4) is 11.5 Å². The van der Waals surface area contributed by atoms with Gasteiger partial charge in [-0.15, -0.1) is 0 Å². The van der Waals surface area contributed by atoms with E-state index in [9.17, 15) is 24.8 Å². The van der Waals surface area contributed by atoms with E-state index in [1.165, 1.54) is 43.7 Å². The predicted octanol–water partition coefficient (Wildman–Crippen LogP) is 4.27. The van der Waals surface area contributed by atoms with Crippen LogP contribution in [0.2, 0.25) is 0 Å². The van der Waals surface area contributed by atoms with Crippen LogP contribution in [0.3, 0.4) is 0 Å². The van der Waals surface area contributed by atoms with E-state index < -0.39 is 16.9 Å². The fourth-order valence-corrected chi connectivity index (χ4v) is 2.67. The molecule has 0 saturated carbocycles. The minimum absolute atomic E-state index is 0.0205. The number of nitro groups is 1. The van der Waals surface area contributed by atoms with Crippen molar-refractivity contribution < 1.29 is 29.1 Å². The molecule has 0 aromatic heterocycles. The number of carbonyl (C=O) groups is 2. The van der Waals surface area contributed by atoms with Gasteiger partial charge in [0.2, 0.25) is 0 Å². The van der Waals surface area contributed by atoms with Crippen LogP contribution in [0.25, 0.3) is 0 Å². The van der Waals surface area contributed by atoms with Gasteiger partial charge in [0.15, 0.2) is 11.5 Å². The molecule has 0 aliphatic heterocycles. The summed E-state index contributed by atoms with van der Waals surface area (Å²) < 4.78 is 10.6. The molecule has 3 aromatic rings. The maximum Gasteiger partial charge on any atom is 0.343 e. The molecule has 0 atom stereocenters. The lowest BCUT2D eigenvalue weighted by Gasteiger charge is -2.10. The highest BCUT2D eigenvalue weighted by molar-refractivity contribution is 5.95. The van der Waals surface area contributed by atoms with Crippen LogP contribution in [-0.4, -0.2) is 35.3 Å². The van der Waals surface area contributed by atoms with Crippen molar-refractivity contribution in [1.29, 1.82) is 0 Å². The Hall–Kier alpha value is -4.53. The number of carbonyl (C=O) groups excluding carboxylic acids is 1. The number of ether oxygens (including phenoxy) is 2. The van der Waals surface area contributed by atoms with Crippen molar-refractivity contribution in [2.24, 2.45) is 4.99 Å². The van der Waals surface area contributed by atoms with E-state index in [2.05, 4.69) is 4.99 Å². The average molecular weight is 420 g/mol. The van der Waals surface area contributed by atoms with E-state index in [0.29, 0.717) is 5.56 Å². The Balaban J connectivity index is 1.82. The fraction of sp³-hybridized carbons (Fsp3) is 0.0455. The molecule has 0 radical (unpaired) electrons. The Morgan fingerprint density at radius 3 is 2.52 bits per heavy atom. The first-order valence-corrected chi connectivity index (χ1v) is 8.90. The number of benzene rings is 3. The Morgan fingerprint density at radius 1 is 1.03 bits per heavy atom. The molecule has 0 saturated heterocycles. The molecule has 0 spiro atoms. The highest BCUT2D eigenvalue weighted by Crippen LogP contribution is 2.29. The van der Waals surface area contributed by atoms with Gasteiger partial charge in [-0.1, -0.05) is 18.2 Å². The molecular formula is C22H16N2O7. The number of nitro benzene ring substituents is 1. The molecule has 3 rings (SSSR count). The lowest BCUT2D eigenvalue weighted by Crippen LogP contribution is -2.09. The Bertz CT molecular complexity index is 1190. The number of non-ortho nitro benzene ring substituents is 1. The van der Waals surface area contributed by atoms with Crippen molar-refractivity contribution in [2.45, 2.75) is 0 Å². The maximum absolute atomic E-state index is 12.4. The monoisotopic (exact) mass is 420 g/mol. The zero-order chi connectivity index (χ0) is 22.4. The second-order valence-corrected chi connectivity index (χ2v) is 6.19. The van der Waals surface area contributed by atoms with E-state index in [1.807, 2.05) is 0 Å². The third kappa shape index (κ3) is 5.10. The van der Waals surface area contributed by atoms with Crippen LogP contribution < -0.4 is 9.47 Å². The molecule has 1 N–H and O–H groups in total. The van der Waals surface area contributed by atoms with Gasteiger partial charge in [0.1, 0.15) is 0 Å². The highest BCUT2D eigenvalue weighted by atomic mass is 16.6. The number of rotatable bonds is 7. The number of aromatic carboxylic acids is 1. The van der Waals surface area contributed by atoms with Gasteiger partial charge in [-0.2, -0.15) is 0 Å². The normalized spacial score (nSPS) is 10.6. The lowest BCUT2D eigenvalue weighted by atomic mass is 10.1. The van der Waals surface area contributed by atoms with Crippen molar-refractivity contribution in [2.75, 3.05) is 7.11 Å². The molecule has 0 amide bonds. The van der Waals surface area contributed by atoms with Gasteiger partial charge in [-0.25, -0.2) is 9.59 Å². The predicted molar refractivity (Wildman–Crippen MR) is 112 cm³/mol. The Kier molecular flexibility index (Phi) is 6.36. The van der Waals surface area contributed by atoms with Crippen molar-refractivity contribution in [3.63, 3.8) is 0 Å². The molecule has 9 heteroatoms. The zero-order valence-electron chi connectivity index (χ0n) is 16.2. The summed E-state index contributed by atoms with van der Waals surface area (Å²) in [6.07, 6.45) is 1.45. The first-order chi connectivity index (χ1) is 14.9. The largest absolute Gasteiger partial charge is 0.493 e. The molecule has 0 unspecified atom stereocenters. The van der Waals surface area contributed by atoms with Crippen LogP contribution in [-0.2, 0) is 0 Å². The van der Waals surface area contributed by atoms with Gasteiger partial charge in [0, 0.05) is 18.3 Å². The smallest absolute Gasteiger partial charge is 0.343 e. The molecule has 0 heterocycles. The van der Waals surface area contributed by atoms with Crippen molar-refractivity contribution >= 4 is 29.5 Å². The van der Waals surface area contributed by atoms with Gasteiger partial charge in [0.25, 0.3) is 5.69 Å². The summed E-state index contributed by atoms with van der Waals surface area (Å²) in [5.74, 6) is -1.52. The summed E-state index contributed by atoms with van der Waals surface area (Å²) in [6, 6.07) is 16.1. The topological polar surface area (TPSA) is 128 Å². The molecular weight excluding hydrogens is 404 g/mol. The summed E-state index contributed by atoms with van der Waals surface area (Å²) in [6.45, 7) is 0. The van der Waals surface area contributed by atoms with E-state index >= 15 is 0 Å². The number of methoxy groups -OCH3 is 1. The Morgan fingerprint density at radius 2 is 1.81 bits per heavy atom. The van der Waals surface area contributed by atoms with Gasteiger partial charge in [-0.05, 0) is 42.0 Å². The number of esters is 1. The molecule has 0 aliphatic carbocycles. The third-order valence-electron chi connectivity index (χ3n) is 4.17. The van der Waals surface area contributed by atoms with E-state index in [0.717, 1.165) is 6.07 Å². The molecule has 3 aromatic carbocycles. The van der Waals surface area contributed by atoms with Crippen molar-refractivity contribution in [3.05, 3.63) is 93.5 Å². The molecule has 0 fully saturated rings. The number of hydrogen-bond acceptors (Lipinski definition) is 7. The summed E-state index contributed by atoms with van der Waals surface area (Å²) in [4.78, 5) is 38.1. The van der Waals surface area contributed by atoms with E-state index in [-0.39, 0.29) is 34.0 Å². The van der Waals surface area contributed by atoms with Gasteiger partial charge < -0.3 is 14.6 Å². The second kappa shape index (κ2) is 9.31. The first kappa shape index (κ1) is 21.2. The zero-order valence-corrected chi connectivity index (χ0v) is 16.2. The molecule has 0 aliphatic rings. The summed E-state index contributed by atoms with van der Waals surface area (Å²) in [7, 11) is 1.39. The van der Waals surface area contributed by atoms with E-state index in [1.54, 1.807) is 30.3 Å². The molecule has 31 heavy (non-hydrogen) atoms. The molecule has 0 bridgehead atoms. The maximum atomic E-state index is 12.4. The highest BCUT2D eigenvalue weighted by Gasteiger charge is 2.16. The van der Waals surface area contributed by atoms with Crippen LogP contribution in [0.15, 0.2) is 71.7 Å². The number of carboxylic acid groups (broad SMARTS) is 1. The number of para-hydroxylation sites is 1. The van der Waals surface area contributed by atoms with Crippen LogP contribution >= 0.6 is 0 Å². The third-order valence-corrected chi connectivity index (χ3v) is 4.17. The van der Waals surface area contributed by atoms with Crippen LogP contribution in [0.5, 0.6) is 11.5 Å².